The molecule has 0 spiro atoms. The number of carboxylic acid groups (broad SMARTS) is 1. The third-order valence-corrected chi connectivity index (χ3v) is 3.45. The summed E-state index contributed by atoms with van der Waals surface area (Å²) in [6, 6.07) is 4.48. The molecular weight excluding hydrogens is 296 g/mol. The van der Waals surface area contributed by atoms with Crippen LogP contribution in [0.4, 0.5) is 5.69 Å². The van der Waals surface area contributed by atoms with Crippen LogP contribution in [0.5, 0.6) is 0 Å². The molecule has 1 atom stereocenters. The van der Waals surface area contributed by atoms with Crippen molar-refractivity contribution in [3.63, 3.8) is 0 Å². The molecule has 0 aliphatic heterocycles. The van der Waals surface area contributed by atoms with E-state index in [1.807, 2.05) is 6.92 Å². The summed E-state index contributed by atoms with van der Waals surface area (Å²) >= 11 is 5.85. The van der Waals surface area contributed by atoms with E-state index in [-0.39, 0.29) is 12.1 Å². The number of nitro groups is 1. The Kier molecular flexibility index (Phi) is 7.11. The zero-order valence-electron chi connectivity index (χ0n) is 11.8. The molecule has 1 unspecified atom stereocenters. The standard InChI is InChI=1S/C14H19ClN2O4/c1-10(2-5-14(18)19)6-7-16-9-11-8-12(15)3-4-13(11)17(20)21/h3-4,8,10,16H,2,5-7,9H2,1H3,(H,18,19). The molecule has 0 amide bonds. The molecule has 0 saturated carbocycles. The fourth-order valence-electron chi connectivity index (χ4n) is 1.96. The maximum Gasteiger partial charge on any atom is 0.303 e. The zero-order chi connectivity index (χ0) is 15.8. The number of rotatable bonds is 9. The maximum atomic E-state index is 10.9. The van der Waals surface area contributed by atoms with Gasteiger partial charge in [-0.25, -0.2) is 0 Å². The zero-order valence-corrected chi connectivity index (χ0v) is 12.6. The summed E-state index contributed by atoms with van der Waals surface area (Å²) < 4.78 is 0. The number of benzene rings is 1. The van der Waals surface area contributed by atoms with Crippen molar-refractivity contribution in [3.8, 4) is 0 Å². The van der Waals surface area contributed by atoms with Gasteiger partial charge in [0.05, 0.1) is 4.92 Å². The van der Waals surface area contributed by atoms with Crippen LogP contribution in [-0.2, 0) is 11.3 Å². The minimum Gasteiger partial charge on any atom is -0.481 e. The van der Waals surface area contributed by atoms with Gasteiger partial charge < -0.3 is 10.4 Å². The Bertz CT molecular complexity index is 508. The number of aliphatic carboxylic acids is 1. The first-order valence-corrected chi connectivity index (χ1v) is 7.13. The molecule has 0 aliphatic carbocycles. The summed E-state index contributed by atoms with van der Waals surface area (Å²) in [6.45, 7) is 3.03. The molecule has 7 heteroatoms. The average molecular weight is 315 g/mol. The van der Waals surface area contributed by atoms with E-state index in [1.54, 1.807) is 6.07 Å². The third kappa shape index (κ3) is 6.55. The highest BCUT2D eigenvalue weighted by atomic mass is 35.5. The number of hydrogen-bond donors (Lipinski definition) is 2. The molecule has 1 aromatic carbocycles. The normalized spacial score (nSPS) is 12.1. The van der Waals surface area contributed by atoms with Gasteiger partial charge in [-0.3, -0.25) is 14.9 Å². The van der Waals surface area contributed by atoms with Crippen molar-refractivity contribution in [1.82, 2.24) is 5.32 Å². The smallest absolute Gasteiger partial charge is 0.303 e. The van der Waals surface area contributed by atoms with Gasteiger partial charge >= 0.3 is 5.97 Å². The predicted molar refractivity (Wildman–Crippen MR) is 80.5 cm³/mol. The first-order chi connectivity index (χ1) is 9.90. The summed E-state index contributed by atoms with van der Waals surface area (Å²) in [5, 5.41) is 23.1. The lowest BCUT2D eigenvalue weighted by atomic mass is 10.0. The van der Waals surface area contributed by atoms with Crippen LogP contribution >= 0.6 is 11.6 Å². The molecule has 1 rings (SSSR count). The van der Waals surface area contributed by atoms with Gasteiger partial charge in [-0.2, -0.15) is 0 Å². The van der Waals surface area contributed by atoms with E-state index < -0.39 is 10.9 Å². The Morgan fingerprint density at radius 3 is 2.81 bits per heavy atom. The molecule has 0 fully saturated rings. The average Bonchev–Trinajstić information content (AvgIpc) is 2.41. The Morgan fingerprint density at radius 1 is 1.48 bits per heavy atom. The van der Waals surface area contributed by atoms with Crippen LogP contribution in [0.3, 0.4) is 0 Å². The van der Waals surface area contributed by atoms with E-state index in [0.29, 0.717) is 36.0 Å². The van der Waals surface area contributed by atoms with Gasteiger partial charge in [-0.05, 0) is 37.4 Å². The second-order valence-electron chi connectivity index (χ2n) is 5.03. The van der Waals surface area contributed by atoms with Crippen LogP contribution in [0.1, 0.15) is 31.7 Å². The van der Waals surface area contributed by atoms with Crippen molar-refractivity contribution in [2.45, 2.75) is 32.7 Å². The van der Waals surface area contributed by atoms with Crippen LogP contribution in [0, 0.1) is 16.0 Å². The summed E-state index contributed by atoms with van der Waals surface area (Å²) in [7, 11) is 0. The minimum absolute atomic E-state index is 0.0471. The van der Waals surface area contributed by atoms with Gasteiger partial charge in [0, 0.05) is 29.6 Å². The lowest BCUT2D eigenvalue weighted by molar-refractivity contribution is -0.385. The van der Waals surface area contributed by atoms with Crippen LogP contribution in [0.2, 0.25) is 5.02 Å². The molecule has 1 aromatic rings. The number of nitro benzene ring substituents is 1. The SMILES string of the molecule is CC(CCNCc1cc(Cl)ccc1[N+](=O)[O-])CCC(=O)O. The highest BCUT2D eigenvalue weighted by Crippen LogP contribution is 2.22. The van der Waals surface area contributed by atoms with Crippen molar-refractivity contribution in [2.24, 2.45) is 5.92 Å². The van der Waals surface area contributed by atoms with Gasteiger partial charge in [0.1, 0.15) is 0 Å². The number of nitrogens with one attached hydrogen (secondary N) is 1. The quantitative estimate of drug-likeness (QED) is 0.415. The van der Waals surface area contributed by atoms with E-state index >= 15 is 0 Å². The molecule has 0 aromatic heterocycles. The van der Waals surface area contributed by atoms with Crippen LogP contribution in [0.15, 0.2) is 18.2 Å². The Hall–Kier alpha value is -1.66. The highest BCUT2D eigenvalue weighted by Gasteiger charge is 2.13. The molecule has 0 heterocycles. The van der Waals surface area contributed by atoms with Crippen molar-refractivity contribution < 1.29 is 14.8 Å². The Morgan fingerprint density at radius 2 is 2.19 bits per heavy atom. The maximum absolute atomic E-state index is 10.9. The monoisotopic (exact) mass is 314 g/mol. The van der Waals surface area contributed by atoms with Gasteiger partial charge in [0.15, 0.2) is 0 Å². The fraction of sp³-hybridized carbons (Fsp3) is 0.500. The first kappa shape index (κ1) is 17.4. The summed E-state index contributed by atoms with van der Waals surface area (Å²) in [5.41, 5.74) is 0.594. The number of nitrogens with zero attached hydrogens (tertiary/aromatic N) is 1. The third-order valence-electron chi connectivity index (χ3n) is 3.22. The van der Waals surface area contributed by atoms with Gasteiger partial charge in [0.2, 0.25) is 0 Å². The molecule has 0 radical (unpaired) electrons. The predicted octanol–water partition coefficient (Wildman–Crippen LogP) is 3.23. The lowest BCUT2D eigenvalue weighted by Gasteiger charge is -2.11. The van der Waals surface area contributed by atoms with E-state index in [1.165, 1.54) is 12.1 Å². The van der Waals surface area contributed by atoms with Gasteiger partial charge in [-0.1, -0.05) is 18.5 Å². The molecule has 0 aliphatic rings. The van der Waals surface area contributed by atoms with Crippen LogP contribution in [0.25, 0.3) is 0 Å². The first-order valence-electron chi connectivity index (χ1n) is 6.75. The summed E-state index contributed by atoms with van der Waals surface area (Å²) in [5.74, 6) is -0.493. The van der Waals surface area contributed by atoms with Gasteiger partial charge in [0.25, 0.3) is 5.69 Å². The van der Waals surface area contributed by atoms with E-state index in [0.717, 1.165) is 6.42 Å². The molecule has 6 nitrogen and oxygen atoms in total. The second-order valence-corrected chi connectivity index (χ2v) is 5.47. The van der Waals surface area contributed by atoms with E-state index in [2.05, 4.69) is 5.32 Å². The van der Waals surface area contributed by atoms with Crippen molar-refractivity contribution in [3.05, 3.63) is 38.9 Å². The largest absolute Gasteiger partial charge is 0.481 e. The van der Waals surface area contributed by atoms with Crippen molar-refractivity contribution >= 4 is 23.3 Å². The highest BCUT2D eigenvalue weighted by molar-refractivity contribution is 6.30. The number of halogens is 1. The van der Waals surface area contributed by atoms with E-state index in [9.17, 15) is 14.9 Å². The Labute approximate surface area is 128 Å². The van der Waals surface area contributed by atoms with Crippen molar-refractivity contribution in [2.75, 3.05) is 6.54 Å². The molecule has 2 N–H and O–H groups in total. The molecule has 0 bridgehead atoms. The summed E-state index contributed by atoms with van der Waals surface area (Å²) in [6.07, 6.45) is 1.62. The van der Waals surface area contributed by atoms with Crippen LogP contribution < -0.4 is 5.32 Å². The minimum atomic E-state index is -0.788. The van der Waals surface area contributed by atoms with Crippen LogP contribution in [-0.4, -0.2) is 22.5 Å². The fourth-order valence-corrected chi connectivity index (χ4v) is 2.15. The van der Waals surface area contributed by atoms with Crippen molar-refractivity contribution in [1.29, 1.82) is 0 Å². The number of carbonyl (C=O) groups is 1. The number of hydrogen-bond acceptors (Lipinski definition) is 4. The second kappa shape index (κ2) is 8.59. The topological polar surface area (TPSA) is 92.5 Å². The lowest BCUT2D eigenvalue weighted by Crippen LogP contribution is -2.18. The van der Waals surface area contributed by atoms with E-state index in [4.69, 9.17) is 16.7 Å². The summed E-state index contributed by atoms with van der Waals surface area (Å²) in [4.78, 5) is 20.9. The Balaban J connectivity index is 2.40. The molecule has 0 saturated heterocycles. The molecule has 21 heavy (non-hydrogen) atoms. The molecule has 116 valence electrons. The number of carboxylic acids is 1. The van der Waals surface area contributed by atoms with Gasteiger partial charge in [-0.15, -0.1) is 0 Å². The molecular formula is C14H19ClN2O4.